The van der Waals surface area contributed by atoms with E-state index in [2.05, 4.69) is 26.6 Å². The van der Waals surface area contributed by atoms with E-state index in [4.69, 9.17) is 0 Å². The molecule has 0 bridgehead atoms. The Hall–Kier alpha value is -3.01. The molecule has 0 aromatic heterocycles. The predicted molar refractivity (Wildman–Crippen MR) is 117 cm³/mol. The molecule has 28 heavy (non-hydrogen) atoms. The number of carbonyl (C=O) groups is 1. The SMILES string of the molecule is N#C/C(=C/Nc1ccccc1Sc1ccccc1)C(=O)Nc1ccc(Br)cc1. The van der Waals surface area contributed by atoms with Gasteiger partial charge in [-0.15, -0.1) is 0 Å². The summed E-state index contributed by atoms with van der Waals surface area (Å²) in [4.78, 5) is 14.5. The Morgan fingerprint density at radius 3 is 2.36 bits per heavy atom. The minimum absolute atomic E-state index is 0.0116. The van der Waals surface area contributed by atoms with Crippen molar-refractivity contribution in [2.75, 3.05) is 10.6 Å². The Labute approximate surface area is 176 Å². The number of rotatable bonds is 6. The van der Waals surface area contributed by atoms with Crippen LogP contribution in [-0.4, -0.2) is 5.91 Å². The van der Waals surface area contributed by atoms with Crippen molar-refractivity contribution in [3.05, 3.63) is 95.1 Å². The van der Waals surface area contributed by atoms with Gasteiger partial charge in [0.2, 0.25) is 0 Å². The minimum atomic E-state index is -0.467. The summed E-state index contributed by atoms with van der Waals surface area (Å²) in [5.74, 6) is -0.467. The first-order valence-electron chi connectivity index (χ1n) is 8.41. The highest BCUT2D eigenvalue weighted by atomic mass is 79.9. The molecule has 0 aliphatic heterocycles. The Kier molecular flexibility index (Phi) is 6.90. The van der Waals surface area contributed by atoms with Gasteiger partial charge in [-0.3, -0.25) is 4.79 Å². The summed E-state index contributed by atoms with van der Waals surface area (Å²) in [6.07, 6.45) is 1.43. The topological polar surface area (TPSA) is 64.9 Å². The van der Waals surface area contributed by atoms with Crippen molar-refractivity contribution in [3.8, 4) is 6.07 Å². The van der Waals surface area contributed by atoms with Gasteiger partial charge in [0.1, 0.15) is 11.6 Å². The summed E-state index contributed by atoms with van der Waals surface area (Å²) in [7, 11) is 0. The zero-order valence-corrected chi connectivity index (χ0v) is 17.1. The number of hydrogen-bond donors (Lipinski definition) is 2. The fourth-order valence-corrected chi connectivity index (χ4v) is 3.52. The van der Waals surface area contributed by atoms with Crippen molar-refractivity contribution in [1.82, 2.24) is 0 Å². The third-order valence-electron chi connectivity index (χ3n) is 3.70. The molecular formula is C22H16BrN3OS. The number of nitrogens with one attached hydrogen (secondary N) is 2. The molecule has 3 aromatic carbocycles. The second-order valence-corrected chi connectivity index (χ2v) is 7.72. The van der Waals surface area contributed by atoms with E-state index in [0.717, 1.165) is 20.0 Å². The van der Waals surface area contributed by atoms with E-state index < -0.39 is 5.91 Å². The molecule has 0 spiro atoms. The lowest BCUT2D eigenvalue weighted by Crippen LogP contribution is -2.14. The highest BCUT2D eigenvalue weighted by Crippen LogP contribution is 2.33. The van der Waals surface area contributed by atoms with Gasteiger partial charge >= 0.3 is 0 Å². The summed E-state index contributed by atoms with van der Waals surface area (Å²) in [6, 6.07) is 26.9. The maximum atomic E-state index is 12.4. The van der Waals surface area contributed by atoms with E-state index in [-0.39, 0.29) is 5.57 Å². The van der Waals surface area contributed by atoms with Crippen LogP contribution in [0.15, 0.2) is 105 Å². The summed E-state index contributed by atoms with van der Waals surface area (Å²) >= 11 is 4.95. The van der Waals surface area contributed by atoms with Crippen LogP contribution in [0.4, 0.5) is 11.4 Å². The van der Waals surface area contributed by atoms with Gasteiger partial charge in [0.25, 0.3) is 5.91 Å². The molecule has 0 fully saturated rings. The number of benzene rings is 3. The maximum Gasteiger partial charge on any atom is 0.267 e. The molecule has 1 amide bonds. The molecule has 0 atom stereocenters. The summed E-state index contributed by atoms with van der Waals surface area (Å²) in [6.45, 7) is 0. The van der Waals surface area contributed by atoms with Crippen molar-refractivity contribution in [3.63, 3.8) is 0 Å². The van der Waals surface area contributed by atoms with Crippen molar-refractivity contribution in [1.29, 1.82) is 5.26 Å². The molecule has 0 saturated carbocycles. The van der Waals surface area contributed by atoms with E-state index in [1.807, 2.05) is 72.8 Å². The Balaban J connectivity index is 1.73. The number of hydrogen-bond acceptors (Lipinski definition) is 4. The summed E-state index contributed by atoms with van der Waals surface area (Å²) in [5.41, 5.74) is 1.43. The maximum absolute atomic E-state index is 12.4. The average molecular weight is 450 g/mol. The van der Waals surface area contributed by atoms with Crippen LogP contribution in [0.1, 0.15) is 0 Å². The quantitative estimate of drug-likeness (QED) is 0.354. The third kappa shape index (κ3) is 5.49. The monoisotopic (exact) mass is 449 g/mol. The number of para-hydroxylation sites is 1. The molecule has 4 nitrogen and oxygen atoms in total. The molecule has 2 N–H and O–H groups in total. The number of carbonyl (C=O) groups excluding carboxylic acids is 1. The van der Waals surface area contributed by atoms with Gasteiger partial charge in [-0.1, -0.05) is 58.0 Å². The Bertz CT molecular complexity index is 1030. The van der Waals surface area contributed by atoms with Crippen molar-refractivity contribution >= 4 is 45.0 Å². The Morgan fingerprint density at radius 2 is 1.64 bits per heavy atom. The first-order chi connectivity index (χ1) is 13.7. The highest BCUT2D eigenvalue weighted by molar-refractivity contribution is 9.10. The first kappa shape index (κ1) is 19.7. The van der Waals surface area contributed by atoms with Crippen LogP contribution in [0.25, 0.3) is 0 Å². The van der Waals surface area contributed by atoms with Gasteiger partial charge in [-0.25, -0.2) is 0 Å². The number of nitriles is 1. The fraction of sp³-hybridized carbons (Fsp3) is 0. The molecule has 3 rings (SSSR count). The molecule has 0 radical (unpaired) electrons. The van der Waals surface area contributed by atoms with Crippen LogP contribution in [-0.2, 0) is 4.79 Å². The van der Waals surface area contributed by atoms with E-state index in [9.17, 15) is 10.1 Å². The molecule has 0 unspecified atom stereocenters. The first-order valence-corrected chi connectivity index (χ1v) is 10.0. The van der Waals surface area contributed by atoms with Gasteiger partial charge in [0, 0.05) is 26.2 Å². The number of amides is 1. The van der Waals surface area contributed by atoms with Crippen LogP contribution in [0.2, 0.25) is 0 Å². The largest absolute Gasteiger partial charge is 0.359 e. The number of anilines is 2. The smallest absolute Gasteiger partial charge is 0.267 e. The zero-order chi connectivity index (χ0) is 19.8. The molecule has 0 aliphatic rings. The molecule has 0 aliphatic carbocycles. The molecule has 0 heterocycles. The van der Waals surface area contributed by atoms with E-state index in [0.29, 0.717) is 5.69 Å². The highest BCUT2D eigenvalue weighted by Gasteiger charge is 2.10. The molecule has 138 valence electrons. The normalized spacial score (nSPS) is 10.8. The van der Waals surface area contributed by atoms with E-state index in [1.54, 1.807) is 23.9 Å². The fourth-order valence-electron chi connectivity index (χ4n) is 2.32. The summed E-state index contributed by atoms with van der Waals surface area (Å²) in [5, 5.41) is 15.2. The van der Waals surface area contributed by atoms with Crippen molar-refractivity contribution in [2.45, 2.75) is 9.79 Å². The number of nitrogens with zero attached hydrogens (tertiary/aromatic N) is 1. The lowest BCUT2D eigenvalue weighted by atomic mass is 10.2. The lowest BCUT2D eigenvalue weighted by molar-refractivity contribution is -0.112. The third-order valence-corrected chi connectivity index (χ3v) is 5.31. The van der Waals surface area contributed by atoms with Crippen molar-refractivity contribution < 1.29 is 4.79 Å². The van der Waals surface area contributed by atoms with Gasteiger partial charge in [0.05, 0.1) is 5.69 Å². The standard InChI is InChI=1S/C22H16BrN3OS/c23-17-10-12-18(13-11-17)26-22(27)16(14-24)15-25-20-8-4-5-9-21(20)28-19-6-2-1-3-7-19/h1-13,15,25H,(H,26,27)/b16-15-. The molecule has 6 heteroatoms. The van der Waals surface area contributed by atoms with Gasteiger partial charge < -0.3 is 10.6 Å². The predicted octanol–water partition coefficient (Wildman–Crippen LogP) is 6.06. The van der Waals surface area contributed by atoms with Crippen LogP contribution in [0.5, 0.6) is 0 Å². The second-order valence-electron chi connectivity index (χ2n) is 5.69. The second kappa shape index (κ2) is 9.79. The van der Waals surface area contributed by atoms with E-state index >= 15 is 0 Å². The van der Waals surface area contributed by atoms with Gasteiger partial charge in [-0.2, -0.15) is 5.26 Å². The molecule has 0 saturated heterocycles. The Morgan fingerprint density at radius 1 is 0.964 bits per heavy atom. The van der Waals surface area contributed by atoms with Crippen LogP contribution < -0.4 is 10.6 Å². The van der Waals surface area contributed by atoms with Crippen LogP contribution in [0.3, 0.4) is 0 Å². The zero-order valence-electron chi connectivity index (χ0n) is 14.7. The van der Waals surface area contributed by atoms with Crippen LogP contribution >= 0.6 is 27.7 Å². The summed E-state index contributed by atoms with van der Waals surface area (Å²) < 4.78 is 0.913. The van der Waals surface area contributed by atoms with Gasteiger partial charge in [-0.05, 0) is 48.5 Å². The van der Waals surface area contributed by atoms with E-state index in [1.165, 1.54) is 6.20 Å². The van der Waals surface area contributed by atoms with Gasteiger partial charge in [0.15, 0.2) is 0 Å². The average Bonchev–Trinajstić information content (AvgIpc) is 2.72. The minimum Gasteiger partial charge on any atom is -0.359 e. The number of halogens is 1. The van der Waals surface area contributed by atoms with Crippen molar-refractivity contribution in [2.24, 2.45) is 0 Å². The molecular weight excluding hydrogens is 434 g/mol. The lowest BCUT2D eigenvalue weighted by Gasteiger charge is -2.09. The molecule has 3 aromatic rings. The van der Waals surface area contributed by atoms with Crippen LogP contribution in [0, 0.1) is 11.3 Å².